The fraction of sp³-hybridized carbons (Fsp3) is 0.450. The van der Waals surface area contributed by atoms with E-state index in [0.717, 1.165) is 17.9 Å². The number of hydrogen-bond acceptors (Lipinski definition) is 5. The van der Waals surface area contributed by atoms with Gasteiger partial charge in [0, 0.05) is 18.3 Å². The lowest BCUT2D eigenvalue weighted by molar-refractivity contribution is 0.0946. The Morgan fingerprint density at radius 2 is 1.81 bits per heavy atom. The molecule has 0 saturated heterocycles. The SMILES string of the molecule is Cc1nc(Nc2ccc(OC(C)C)cc2)cc(C(=O)NCCC(C)C)n1. The van der Waals surface area contributed by atoms with Crippen LogP contribution < -0.4 is 15.4 Å². The highest BCUT2D eigenvalue weighted by atomic mass is 16.5. The van der Waals surface area contributed by atoms with Gasteiger partial charge in [0.05, 0.1) is 6.10 Å². The van der Waals surface area contributed by atoms with Crippen molar-refractivity contribution in [1.82, 2.24) is 15.3 Å². The average Bonchev–Trinajstić information content (AvgIpc) is 2.55. The maximum absolute atomic E-state index is 12.3. The highest BCUT2D eigenvalue weighted by Crippen LogP contribution is 2.20. The van der Waals surface area contributed by atoms with E-state index in [0.29, 0.717) is 29.8 Å². The normalized spacial score (nSPS) is 10.9. The average molecular weight is 356 g/mol. The van der Waals surface area contributed by atoms with Crippen LogP contribution in [0, 0.1) is 12.8 Å². The summed E-state index contributed by atoms with van der Waals surface area (Å²) in [5.41, 5.74) is 1.23. The van der Waals surface area contributed by atoms with Crippen molar-refractivity contribution in [3.05, 3.63) is 41.9 Å². The number of benzene rings is 1. The largest absolute Gasteiger partial charge is 0.491 e. The molecule has 140 valence electrons. The number of carbonyl (C=O) groups is 1. The summed E-state index contributed by atoms with van der Waals surface area (Å²) in [6.07, 6.45) is 1.07. The number of aromatic nitrogens is 2. The minimum Gasteiger partial charge on any atom is -0.491 e. The Balaban J connectivity index is 2.05. The molecule has 0 unspecified atom stereocenters. The standard InChI is InChI=1S/C20H28N4O2/c1-13(2)10-11-21-20(25)18-12-19(23-15(5)22-18)24-16-6-8-17(9-7-16)26-14(3)4/h6-9,12-14H,10-11H2,1-5H3,(H,21,25)(H,22,23,24). The van der Waals surface area contributed by atoms with Crippen molar-refractivity contribution < 1.29 is 9.53 Å². The molecule has 2 aromatic rings. The number of rotatable bonds is 8. The number of aryl methyl sites for hydroxylation is 1. The van der Waals surface area contributed by atoms with Crippen molar-refractivity contribution in [3.63, 3.8) is 0 Å². The number of carbonyl (C=O) groups excluding carboxylic acids is 1. The molecule has 1 aromatic carbocycles. The highest BCUT2D eigenvalue weighted by molar-refractivity contribution is 5.93. The van der Waals surface area contributed by atoms with Crippen molar-refractivity contribution in [2.24, 2.45) is 5.92 Å². The molecule has 0 spiro atoms. The molecule has 1 amide bonds. The van der Waals surface area contributed by atoms with E-state index in [1.54, 1.807) is 13.0 Å². The Hall–Kier alpha value is -2.63. The number of amides is 1. The molecule has 2 rings (SSSR count). The zero-order chi connectivity index (χ0) is 19.1. The van der Waals surface area contributed by atoms with Crippen molar-refractivity contribution in [2.45, 2.75) is 47.1 Å². The lowest BCUT2D eigenvalue weighted by Crippen LogP contribution is -2.26. The topological polar surface area (TPSA) is 76.1 Å². The third kappa shape index (κ3) is 6.35. The fourth-order valence-corrected chi connectivity index (χ4v) is 2.35. The predicted molar refractivity (Wildman–Crippen MR) is 104 cm³/mol. The van der Waals surface area contributed by atoms with Gasteiger partial charge < -0.3 is 15.4 Å². The number of nitrogens with zero attached hydrogens (tertiary/aromatic N) is 2. The van der Waals surface area contributed by atoms with Gasteiger partial charge in [0.1, 0.15) is 23.1 Å². The molecule has 0 bridgehead atoms. The van der Waals surface area contributed by atoms with Crippen LogP contribution in [0.2, 0.25) is 0 Å². The van der Waals surface area contributed by atoms with Crippen LogP contribution in [0.1, 0.15) is 50.4 Å². The molecule has 0 aliphatic rings. The van der Waals surface area contributed by atoms with Gasteiger partial charge in [-0.2, -0.15) is 0 Å². The van der Waals surface area contributed by atoms with E-state index in [1.165, 1.54) is 0 Å². The van der Waals surface area contributed by atoms with Crippen LogP contribution in [-0.4, -0.2) is 28.5 Å². The van der Waals surface area contributed by atoms with Crippen LogP contribution in [0.25, 0.3) is 0 Å². The lowest BCUT2D eigenvalue weighted by Gasteiger charge is -2.12. The Labute approximate surface area is 155 Å². The van der Waals surface area contributed by atoms with E-state index in [2.05, 4.69) is 34.4 Å². The molecule has 0 aliphatic heterocycles. The third-order valence-electron chi connectivity index (χ3n) is 3.58. The summed E-state index contributed by atoms with van der Waals surface area (Å²) in [6.45, 7) is 10.6. The van der Waals surface area contributed by atoms with Gasteiger partial charge >= 0.3 is 0 Å². The third-order valence-corrected chi connectivity index (χ3v) is 3.58. The Morgan fingerprint density at radius 1 is 1.12 bits per heavy atom. The maximum Gasteiger partial charge on any atom is 0.270 e. The van der Waals surface area contributed by atoms with Crippen LogP contribution in [-0.2, 0) is 0 Å². The molecule has 0 atom stereocenters. The van der Waals surface area contributed by atoms with Crippen LogP contribution in [0.3, 0.4) is 0 Å². The van der Waals surface area contributed by atoms with E-state index in [-0.39, 0.29) is 12.0 Å². The molecular weight excluding hydrogens is 328 g/mol. The van der Waals surface area contributed by atoms with E-state index in [9.17, 15) is 4.79 Å². The van der Waals surface area contributed by atoms with Crippen LogP contribution in [0.4, 0.5) is 11.5 Å². The monoisotopic (exact) mass is 356 g/mol. The van der Waals surface area contributed by atoms with Gasteiger partial charge in [-0.1, -0.05) is 13.8 Å². The van der Waals surface area contributed by atoms with Gasteiger partial charge in [-0.3, -0.25) is 4.79 Å². The van der Waals surface area contributed by atoms with E-state index in [1.807, 2.05) is 38.1 Å². The van der Waals surface area contributed by atoms with Gasteiger partial charge in [0.2, 0.25) is 0 Å². The first-order valence-corrected chi connectivity index (χ1v) is 9.01. The molecule has 1 heterocycles. The minimum absolute atomic E-state index is 0.134. The Bertz CT molecular complexity index is 727. The molecule has 1 aromatic heterocycles. The summed E-state index contributed by atoms with van der Waals surface area (Å²) in [7, 11) is 0. The van der Waals surface area contributed by atoms with E-state index in [4.69, 9.17) is 4.74 Å². The molecule has 26 heavy (non-hydrogen) atoms. The predicted octanol–water partition coefficient (Wildman–Crippen LogP) is 4.09. The fourth-order valence-electron chi connectivity index (χ4n) is 2.35. The zero-order valence-corrected chi connectivity index (χ0v) is 16.2. The molecule has 6 heteroatoms. The molecule has 0 radical (unpaired) electrons. The zero-order valence-electron chi connectivity index (χ0n) is 16.2. The van der Waals surface area contributed by atoms with Crippen molar-refractivity contribution in [1.29, 1.82) is 0 Å². The Kier molecular flexibility index (Phi) is 6.95. The second-order valence-electron chi connectivity index (χ2n) is 6.94. The van der Waals surface area contributed by atoms with Gasteiger partial charge in [-0.05, 0) is 57.4 Å². The smallest absolute Gasteiger partial charge is 0.270 e. The van der Waals surface area contributed by atoms with Crippen LogP contribution in [0.5, 0.6) is 5.75 Å². The summed E-state index contributed by atoms with van der Waals surface area (Å²) >= 11 is 0. The highest BCUT2D eigenvalue weighted by Gasteiger charge is 2.11. The summed E-state index contributed by atoms with van der Waals surface area (Å²) in [5.74, 6) is 2.31. The molecule has 2 N–H and O–H groups in total. The van der Waals surface area contributed by atoms with Gasteiger partial charge in [0.15, 0.2) is 0 Å². The van der Waals surface area contributed by atoms with Crippen molar-refractivity contribution >= 4 is 17.4 Å². The van der Waals surface area contributed by atoms with Gasteiger partial charge in [0.25, 0.3) is 5.91 Å². The number of nitrogens with one attached hydrogen (secondary N) is 2. The second kappa shape index (κ2) is 9.17. The summed E-state index contributed by atoms with van der Waals surface area (Å²) in [6, 6.07) is 9.29. The lowest BCUT2D eigenvalue weighted by atomic mass is 10.1. The molecular formula is C20H28N4O2. The first-order chi connectivity index (χ1) is 12.3. The number of hydrogen-bond donors (Lipinski definition) is 2. The first-order valence-electron chi connectivity index (χ1n) is 9.01. The van der Waals surface area contributed by atoms with Gasteiger partial charge in [-0.15, -0.1) is 0 Å². The quantitative estimate of drug-likeness (QED) is 0.745. The molecule has 0 fully saturated rings. The van der Waals surface area contributed by atoms with Crippen molar-refractivity contribution in [2.75, 3.05) is 11.9 Å². The van der Waals surface area contributed by atoms with E-state index >= 15 is 0 Å². The summed E-state index contributed by atoms with van der Waals surface area (Å²) in [4.78, 5) is 20.9. The molecule has 0 saturated carbocycles. The number of anilines is 2. The van der Waals surface area contributed by atoms with Crippen LogP contribution in [0.15, 0.2) is 30.3 Å². The maximum atomic E-state index is 12.3. The summed E-state index contributed by atoms with van der Waals surface area (Å²) in [5, 5.41) is 6.11. The second-order valence-corrected chi connectivity index (χ2v) is 6.94. The summed E-state index contributed by atoms with van der Waals surface area (Å²) < 4.78 is 5.64. The van der Waals surface area contributed by atoms with Crippen molar-refractivity contribution in [3.8, 4) is 5.75 Å². The first kappa shape index (κ1) is 19.7. The van der Waals surface area contributed by atoms with E-state index < -0.39 is 0 Å². The molecule has 6 nitrogen and oxygen atoms in total. The molecule has 0 aliphatic carbocycles. The van der Waals surface area contributed by atoms with Gasteiger partial charge in [-0.25, -0.2) is 9.97 Å². The number of ether oxygens (including phenoxy) is 1. The Morgan fingerprint density at radius 3 is 2.42 bits per heavy atom. The minimum atomic E-state index is -0.181. The van der Waals surface area contributed by atoms with Crippen LogP contribution >= 0.6 is 0 Å².